The molecule has 1 aliphatic rings. The molecule has 44 heavy (non-hydrogen) atoms. The Labute approximate surface area is 261 Å². The standard InChI is InChI=1S/C37H32ClN3O3/c38-31-15-12-29(13-16-31)36-33(11-5-7-25-6-4-8-26(22-25)23-35(42)43)39-34-24-30(14-17-32(34)40-36)37(44)41-20-18-28(19-21-41)27-9-2-1-3-10-27/h1-4,6,8-10,12-18,20,22,24,28H,5,7,11,19,21,23H2,(H,42,43). The Balaban J connectivity index is 1.25. The average molecular weight is 602 g/mol. The van der Waals surface area contributed by atoms with E-state index in [-0.39, 0.29) is 12.3 Å². The SMILES string of the molecule is O=C(O)Cc1cccc(CCCc2nc3cc(C(=O)N4C=CC(c5ccccc5)CC4)ccc3nc2-c2ccc(Cl)cc2)c1. The first-order valence-corrected chi connectivity index (χ1v) is 15.2. The largest absolute Gasteiger partial charge is 0.481 e. The molecule has 0 aliphatic carbocycles. The van der Waals surface area contributed by atoms with E-state index in [2.05, 4.69) is 18.2 Å². The number of aromatic nitrogens is 2. The minimum absolute atomic E-state index is 0.00653. The van der Waals surface area contributed by atoms with Gasteiger partial charge in [-0.25, -0.2) is 9.97 Å². The van der Waals surface area contributed by atoms with Crippen molar-refractivity contribution in [1.29, 1.82) is 0 Å². The van der Waals surface area contributed by atoms with Gasteiger partial charge in [0.2, 0.25) is 0 Å². The third-order valence-corrected chi connectivity index (χ3v) is 8.25. The van der Waals surface area contributed by atoms with Gasteiger partial charge in [0, 0.05) is 34.8 Å². The number of carbonyl (C=O) groups excluding carboxylic acids is 1. The van der Waals surface area contributed by atoms with Gasteiger partial charge in [-0.3, -0.25) is 9.59 Å². The minimum Gasteiger partial charge on any atom is -0.481 e. The van der Waals surface area contributed by atoms with Gasteiger partial charge in [-0.1, -0.05) is 84.4 Å². The fraction of sp³-hybridized carbons (Fsp3) is 0.189. The van der Waals surface area contributed by atoms with E-state index in [1.165, 1.54) is 5.56 Å². The van der Waals surface area contributed by atoms with Crippen molar-refractivity contribution < 1.29 is 14.7 Å². The summed E-state index contributed by atoms with van der Waals surface area (Å²) < 4.78 is 0. The van der Waals surface area contributed by atoms with Crippen molar-refractivity contribution in [2.45, 2.75) is 38.0 Å². The van der Waals surface area contributed by atoms with E-state index in [0.29, 0.717) is 35.0 Å². The molecule has 4 aromatic carbocycles. The second-order valence-corrected chi connectivity index (χ2v) is 11.6. The molecule has 1 amide bonds. The number of amides is 1. The van der Waals surface area contributed by atoms with Crippen LogP contribution >= 0.6 is 11.6 Å². The normalized spacial score (nSPS) is 14.6. The van der Waals surface area contributed by atoms with Gasteiger partial charge < -0.3 is 10.0 Å². The van der Waals surface area contributed by atoms with Gasteiger partial charge in [-0.15, -0.1) is 0 Å². The predicted octanol–water partition coefficient (Wildman–Crippen LogP) is 7.90. The van der Waals surface area contributed by atoms with E-state index in [1.54, 1.807) is 4.90 Å². The molecule has 1 aromatic heterocycles. The van der Waals surface area contributed by atoms with Crippen LogP contribution in [0.25, 0.3) is 22.3 Å². The van der Waals surface area contributed by atoms with E-state index < -0.39 is 5.97 Å². The summed E-state index contributed by atoms with van der Waals surface area (Å²) in [6.45, 7) is 0.646. The van der Waals surface area contributed by atoms with Crippen LogP contribution in [-0.2, 0) is 24.1 Å². The Bertz CT molecular complexity index is 1840. The minimum atomic E-state index is -0.841. The predicted molar refractivity (Wildman–Crippen MR) is 174 cm³/mol. The van der Waals surface area contributed by atoms with E-state index >= 15 is 0 Å². The quantitative estimate of drug-likeness (QED) is 0.186. The van der Waals surface area contributed by atoms with Crippen LogP contribution in [0.3, 0.4) is 0 Å². The first kappa shape index (κ1) is 29.3. The van der Waals surface area contributed by atoms with Crippen LogP contribution in [0.4, 0.5) is 0 Å². The number of benzene rings is 4. The zero-order valence-corrected chi connectivity index (χ0v) is 25.0. The molecule has 0 bridgehead atoms. The number of fused-ring (bicyclic) bond motifs is 1. The summed E-state index contributed by atoms with van der Waals surface area (Å²) in [4.78, 5) is 36.5. The number of carboxylic acid groups (broad SMARTS) is 1. The highest BCUT2D eigenvalue weighted by molar-refractivity contribution is 6.30. The van der Waals surface area contributed by atoms with Gasteiger partial charge in [-0.2, -0.15) is 0 Å². The molecule has 0 radical (unpaired) electrons. The molecule has 6 rings (SSSR count). The first-order chi connectivity index (χ1) is 21.4. The Morgan fingerprint density at radius 2 is 1.64 bits per heavy atom. The summed E-state index contributed by atoms with van der Waals surface area (Å²) in [5.41, 5.74) is 7.66. The van der Waals surface area contributed by atoms with E-state index in [0.717, 1.165) is 52.9 Å². The first-order valence-electron chi connectivity index (χ1n) is 14.8. The number of rotatable bonds is 9. The van der Waals surface area contributed by atoms with Gasteiger partial charge in [0.25, 0.3) is 5.91 Å². The maximum Gasteiger partial charge on any atom is 0.307 e. The number of carbonyl (C=O) groups is 2. The molecule has 1 aliphatic heterocycles. The van der Waals surface area contributed by atoms with Crippen molar-refractivity contribution in [2.75, 3.05) is 6.54 Å². The van der Waals surface area contributed by atoms with Crippen LogP contribution in [0.15, 0.2) is 109 Å². The van der Waals surface area contributed by atoms with Gasteiger partial charge >= 0.3 is 5.97 Å². The zero-order chi connectivity index (χ0) is 30.5. The highest BCUT2D eigenvalue weighted by atomic mass is 35.5. The average Bonchev–Trinajstić information content (AvgIpc) is 3.05. The van der Waals surface area contributed by atoms with Crippen molar-refractivity contribution in [2.24, 2.45) is 0 Å². The lowest BCUT2D eigenvalue weighted by Gasteiger charge is -2.26. The highest BCUT2D eigenvalue weighted by Gasteiger charge is 2.21. The molecule has 1 atom stereocenters. The Hall–Kier alpha value is -4.81. The number of hydrogen-bond acceptors (Lipinski definition) is 4. The van der Waals surface area contributed by atoms with Gasteiger partial charge in [0.15, 0.2) is 0 Å². The molecular formula is C37H32ClN3O3. The molecule has 1 unspecified atom stereocenters. The summed E-state index contributed by atoms with van der Waals surface area (Å²) >= 11 is 6.17. The van der Waals surface area contributed by atoms with Crippen LogP contribution in [0.5, 0.6) is 0 Å². The van der Waals surface area contributed by atoms with E-state index in [1.807, 2.05) is 91.1 Å². The number of aryl methyl sites for hydroxylation is 2. The van der Waals surface area contributed by atoms with E-state index in [9.17, 15) is 9.59 Å². The summed E-state index contributed by atoms with van der Waals surface area (Å²) in [5, 5.41) is 9.80. The van der Waals surface area contributed by atoms with Crippen molar-refractivity contribution >= 4 is 34.5 Å². The molecular weight excluding hydrogens is 570 g/mol. The third kappa shape index (κ3) is 6.87. The van der Waals surface area contributed by atoms with Gasteiger partial charge in [0.05, 0.1) is 28.8 Å². The molecule has 0 saturated carbocycles. The summed E-state index contributed by atoms with van der Waals surface area (Å²) in [5.74, 6) is -0.594. The lowest BCUT2D eigenvalue weighted by atomic mass is 9.93. The maximum absolute atomic E-state index is 13.5. The molecule has 1 N–H and O–H groups in total. The molecule has 220 valence electrons. The van der Waals surface area contributed by atoms with Gasteiger partial charge in [0.1, 0.15) is 0 Å². The van der Waals surface area contributed by atoms with Crippen LogP contribution in [0.2, 0.25) is 5.02 Å². The van der Waals surface area contributed by atoms with Crippen molar-refractivity contribution in [3.05, 3.63) is 142 Å². The van der Waals surface area contributed by atoms with Crippen LogP contribution in [0.1, 0.15) is 51.5 Å². The van der Waals surface area contributed by atoms with Crippen molar-refractivity contribution in [3.63, 3.8) is 0 Å². The van der Waals surface area contributed by atoms with Crippen LogP contribution in [-0.4, -0.2) is 38.4 Å². The second-order valence-electron chi connectivity index (χ2n) is 11.1. The van der Waals surface area contributed by atoms with Crippen molar-refractivity contribution in [3.8, 4) is 11.3 Å². The number of carboxylic acids is 1. The topological polar surface area (TPSA) is 83.4 Å². The molecule has 6 nitrogen and oxygen atoms in total. The van der Waals surface area contributed by atoms with Crippen LogP contribution in [0, 0.1) is 0 Å². The zero-order valence-electron chi connectivity index (χ0n) is 24.2. The number of aliphatic carboxylic acids is 1. The molecule has 0 spiro atoms. The number of allylic oxidation sites excluding steroid dienone is 1. The lowest BCUT2D eigenvalue weighted by molar-refractivity contribution is -0.136. The summed E-state index contributed by atoms with van der Waals surface area (Å²) in [6, 6.07) is 31.2. The maximum atomic E-state index is 13.5. The van der Waals surface area contributed by atoms with Gasteiger partial charge in [-0.05, 0) is 72.7 Å². The lowest BCUT2D eigenvalue weighted by Crippen LogP contribution is -2.30. The molecule has 0 fully saturated rings. The monoisotopic (exact) mass is 601 g/mol. The summed E-state index contributed by atoms with van der Waals surface area (Å²) in [6.07, 6.45) is 7.12. The highest BCUT2D eigenvalue weighted by Crippen LogP contribution is 2.29. The smallest absolute Gasteiger partial charge is 0.307 e. The Kier molecular flexibility index (Phi) is 8.80. The third-order valence-electron chi connectivity index (χ3n) is 7.99. The Morgan fingerprint density at radius 1 is 0.841 bits per heavy atom. The molecule has 5 aromatic rings. The number of halogens is 1. The number of nitrogens with zero attached hydrogens (tertiary/aromatic N) is 3. The second kappa shape index (κ2) is 13.2. The van der Waals surface area contributed by atoms with Crippen LogP contribution < -0.4 is 0 Å². The van der Waals surface area contributed by atoms with Crippen molar-refractivity contribution in [1.82, 2.24) is 14.9 Å². The fourth-order valence-corrected chi connectivity index (χ4v) is 5.86. The molecule has 7 heteroatoms. The fourth-order valence-electron chi connectivity index (χ4n) is 5.74. The number of hydrogen-bond donors (Lipinski definition) is 1. The summed E-state index contributed by atoms with van der Waals surface area (Å²) in [7, 11) is 0. The van der Waals surface area contributed by atoms with E-state index in [4.69, 9.17) is 26.7 Å². The molecule has 0 saturated heterocycles. The Morgan fingerprint density at radius 3 is 2.39 bits per heavy atom. The molecule has 2 heterocycles.